The lowest BCUT2D eigenvalue weighted by Crippen LogP contribution is -2.26. The molecule has 2 heterocycles. The Labute approximate surface area is 115 Å². The number of nitrogen functional groups attached to an aromatic ring is 1. The minimum Gasteiger partial charge on any atom is -0.382 e. The lowest BCUT2D eigenvalue weighted by molar-refractivity contribution is 0.0997. The van der Waals surface area contributed by atoms with Crippen molar-refractivity contribution < 1.29 is 4.79 Å². The molecular formula is C12H15N5OS. The summed E-state index contributed by atoms with van der Waals surface area (Å²) in [7, 11) is 1.69. The Kier molecular flexibility index (Phi) is 3.96. The first-order valence-electron chi connectivity index (χ1n) is 5.81. The molecule has 0 fully saturated rings. The summed E-state index contributed by atoms with van der Waals surface area (Å²) >= 11 is 1.26. The molecule has 0 saturated heterocycles. The number of nitrogens with two attached hydrogens (primary N) is 1. The molecule has 0 spiro atoms. The second-order valence-electron chi connectivity index (χ2n) is 3.84. The molecule has 0 aromatic carbocycles. The Morgan fingerprint density at radius 1 is 1.58 bits per heavy atom. The van der Waals surface area contributed by atoms with Crippen molar-refractivity contribution in [2.45, 2.75) is 6.92 Å². The Morgan fingerprint density at radius 3 is 3.00 bits per heavy atom. The van der Waals surface area contributed by atoms with Crippen molar-refractivity contribution in [3.63, 3.8) is 0 Å². The van der Waals surface area contributed by atoms with Crippen molar-refractivity contribution >= 4 is 33.9 Å². The van der Waals surface area contributed by atoms with Crippen LogP contribution in [0.4, 0.5) is 16.6 Å². The van der Waals surface area contributed by atoms with Gasteiger partial charge in [0.1, 0.15) is 10.7 Å². The van der Waals surface area contributed by atoms with E-state index in [2.05, 4.69) is 15.3 Å². The molecule has 0 radical (unpaired) electrons. The summed E-state index contributed by atoms with van der Waals surface area (Å²) in [6.07, 6.45) is 3.28. The minimum atomic E-state index is -0.188. The number of anilines is 3. The fourth-order valence-corrected chi connectivity index (χ4v) is 2.46. The Hall–Kier alpha value is -2.15. The first-order valence-corrected chi connectivity index (χ1v) is 6.63. The molecular weight excluding hydrogens is 262 g/mol. The summed E-state index contributed by atoms with van der Waals surface area (Å²) in [5.41, 5.74) is 6.50. The van der Waals surface area contributed by atoms with E-state index in [1.54, 1.807) is 25.5 Å². The lowest BCUT2D eigenvalue weighted by atomic mass is 10.3. The third kappa shape index (κ3) is 2.82. The number of hydrogen-bond donors (Lipinski definition) is 2. The number of amides is 1. The van der Waals surface area contributed by atoms with Crippen LogP contribution in [0, 0.1) is 0 Å². The average Bonchev–Trinajstić information content (AvgIpc) is 2.79. The SMILES string of the molecule is CCNc1nc(N)c(C(=O)N(C)c2cccnc2)s1. The van der Waals surface area contributed by atoms with Gasteiger partial charge in [-0.05, 0) is 19.1 Å². The van der Waals surface area contributed by atoms with E-state index in [0.29, 0.717) is 15.7 Å². The van der Waals surface area contributed by atoms with Crippen LogP contribution in [0.25, 0.3) is 0 Å². The number of rotatable bonds is 4. The van der Waals surface area contributed by atoms with E-state index in [4.69, 9.17) is 5.73 Å². The van der Waals surface area contributed by atoms with E-state index in [0.717, 1.165) is 6.54 Å². The van der Waals surface area contributed by atoms with Crippen LogP contribution in [0.15, 0.2) is 24.5 Å². The van der Waals surface area contributed by atoms with E-state index in [1.807, 2.05) is 13.0 Å². The molecule has 2 rings (SSSR count). The number of hydrogen-bond acceptors (Lipinski definition) is 6. The first-order chi connectivity index (χ1) is 9.13. The van der Waals surface area contributed by atoms with Gasteiger partial charge in [-0.2, -0.15) is 0 Å². The molecule has 3 N–H and O–H groups in total. The van der Waals surface area contributed by atoms with Crippen LogP contribution in [0.5, 0.6) is 0 Å². The van der Waals surface area contributed by atoms with Crippen LogP contribution < -0.4 is 16.0 Å². The van der Waals surface area contributed by atoms with Crippen LogP contribution in [0.1, 0.15) is 16.6 Å². The molecule has 0 aliphatic rings. The van der Waals surface area contributed by atoms with E-state index in [1.165, 1.54) is 16.2 Å². The van der Waals surface area contributed by atoms with Crippen LogP contribution in [0.2, 0.25) is 0 Å². The van der Waals surface area contributed by atoms with Crippen LogP contribution in [-0.2, 0) is 0 Å². The van der Waals surface area contributed by atoms with Crippen molar-refractivity contribution in [2.24, 2.45) is 0 Å². The fourth-order valence-electron chi connectivity index (χ4n) is 1.53. The normalized spacial score (nSPS) is 10.2. The molecule has 1 amide bonds. The molecule has 0 aliphatic carbocycles. The fraction of sp³-hybridized carbons (Fsp3) is 0.250. The lowest BCUT2D eigenvalue weighted by Gasteiger charge is -2.15. The van der Waals surface area contributed by atoms with E-state index in [9.17, 15) is 4.79 Å². The number of nitrogens with one attached hydrogen (secondary N) is 1. The van der Waals surface area contributed by atoms with Gasteiger partial charge in [0.05, 0.1) is 11.9 Å². The highest BCUT2D eigenvalue weighted by atomic mass is 32.1. The predicted molar refractivity (Wildman–Crippen MR) is 77.7 cm³/mol. The summed E-state index contributed by atoms with van der Waals surface area (Å²) in [5, 5.41) is 3.70. The number of carbonyl (C=O) groups is 1. The predicted octanol–water partition coefficient (Wildman–Crippen LogP) is 1.83. The van der Waals surface area contributed by atoms with Gasteiger partial charge in [-0.25, -0.2) is 4.98 Å². The molecule has 0 aliphatic heterocycles. The van der Waals surface area contributed by atoms with E-state index >= 15 is 0 Å². The van der Waals surface area contributed by atoms with Gasteiger partial charge in [-0.15, -0.1) is 0 Å². The molecule has 2 aromatic rings. The van der Waals surface area contributed by atoms with Crippen LogP contribution >= 0.6 is 11.3 Å². The topological polar surface area (TPSA) is 84.1 Å². The zero-order chi connectivity index (χ0) is 13.8. The number of thiazole rings is 1. The van der Waals surface area contributed by atoms with Crippen molar-refractivity contribution in [3.8, 4) is 0 Å². The summed E-state index contributed by atoms with van der Waals surface area (Å²) in [5.74, 6) is 0.0637. The van der Waals surface area contributed by atoms with Crippen molar-refractivity contribution in [3.05, 3.63) is 29.4 Å². The molecule has 0 bridgehead atoms. The number of pyridine rings is 1. The van der Waals surface area contributed by atoms with Crippen molar-refractivity contribution in [1.29, 1.82) is 0 Å². The molecule has 6 nitrogen and oxygen atoms in total. The third-order valence-corrected chi connectivity index (χ3v) is 3.53. The van der Waals surface area contributed by atoms with Gasteiger partial charge >= 0.3 is 0 Å². The second-order valence-corrected chi connectivity index (χ2v) is 4.84. The highest BCUT2D eigenvalue weighted by Gasteiger charge is 2.20. The van der Waals surface area contributed by atoms with Gasteiger partial charge in [0.2, 0.25) is 0 Å². The quantitative estimate of drug-likeness (QED) is 0.890. The number of aromatic nitrogens is 2. The first kappa shape index (κ1) is 13.3. The van der Waals surface area contributed by atoms with Gasteiger partial charge in [0, 0.05) is 19.8 Å². The zero-order valence-electron chi connectivity index (χ0n) is 10.8. The van der Waals surface area contributed by atoms with Crippen molar-refractivity contribution in [1.82, 2.24) is 9.97 Å². The molecule has 7 heteroatoms. The molecule has 19 heavy (non-hydrogen) atoms. The monoisotopic (exact) mass is 277 g/mol. The second kappa shape index (κ2) is 5.66. The molecule has 0 unspecified atom stereocenters. The highest BCUT2D eigenvalue weighted by Crippen LogP contribution is 2.27. The van der Waals surface area contributed by atoms with E-state index in [-0.39, 0.29) is 11.7 Å². The van der Waals surface area contributed by atoms with Crippen LogP contribution in [0.3, 0.4) is 0 Å². The summed E-state index contributed by atoms with van der Waals surface area (Å²) in [4.78, 5) is 22.4. The smallest absolute Gasteiger partial charge is 0.272 e. The minimum absolute atomic E-state index is 0.188. The maximum atomic E-state index is 12.3. The standard InChI is InChI=1S/C12H15N5OS/c1-3-15-12-16-10(13)9(19-12)11(18)17(2)8-5-4-6-14-7-8/h4-7H,3,13H2,1-2H3,(H,15,16). The molecule has 0 atom stereocenters. The summed E-state index contributed by atoms with van der Waals surface area (Å²) in [6, 6.07) is 3.59. The summed E-state index contributed by atoms with van der Waals surface area (Å²) < 4.78 is 0. The molecule has 100 valence electrons. The van der Waals surface area contributed by atoms with Gasteiger partial charge in [-0.3, -0.25) is 9.78 Å². The zero-order valence-corrected chi connectivity index (χ0v) is 11.6. The van der Waals surface area contributed by atoms with Gasteiger partial charge in [0.15, 0.2) is 5.13 Å². The maximum absolute atomic E-state index is 12.3. The van der Waals surface area contributed by atoms with Gasteiger partial charge in [-0.1, -0.05) is 11.3 Å². The maximum Gasteiger partial charge on any atom is 0.272 e. The number of carbonyl (C=O) groups excluding carboxylic acids is 1. The third-order valence-electron chi connectivity index (χ3n) is 2.51. The Morgan fingerprint density at radius 2 is 2.37 bits per heavy atom. The van der Waals surface area contributed by atoms with Gasteiger partial charge in [0.25, 0.3) is 5.91 Å². The number of nitrogens with zero attached hydrogens (tertiary/aromatic N) is 3. The molecule has 0 saturated carbocycles. The average molecular weight is 277 g/mol. The van der Waals surface area contributed by atoms with Crippen molar-refractivity contribution in [2.75, 3.05) is 29.5 Å². The van der Waals surface area contributed by atoms with Crippen LogP contribution in [-0.4, -0.2) is 29.5 Å². The molecule has 2 aromatic heterocycles. The Bertz CT molecular complexity index is 569. The van der Waals surface area contributed by atoms with Gasteiger partial charge < -0.3 is 16.0 Å². The van der Waals surface area contributed by atoms with E-state index < -0.39 is 0 Å². The summed E-state index contributed by atoms with van der Waals surface area (Å²) in [6.45, 7) is 2.69. The largest absolute Gasteiger partial charge is 0.382 e. The Balaban J connectivity index is 2.24. The highest BCUT2D eigenvalue weighted by molar-refractivity contribution is 7.18.